The minimum atomic E-state index is -0.255. The largest absolute Gasteiger partial charge is 0.495 e. The first-order valence-corrected chi connectivity index (χ1v) is 12.4. The number of fused-ring (bicyclic) bond motifs is 3. The van der Waals surface area contributed by atoms with Crippen LogP contribution in [0.1, 0.15) is 28.4 Å². The van der Waals surface area contributed by atoms with Crippen LogP contribution in [0.5, 0.6) is 5.75 Å². The molecule has 0 aliphatic carbocycles. The summed E-state index contributed by atoms with van der Waals surface area (Å²) in [6, 6.07) is 26.2. The predicted octanol–water partition coefficient (Wildman–Crippen LogP) is 6.65. The first-order valence-electron chi connectivity index (χ1n) is 11.2. The van der Waals surface area contributed by atoms with Gasteiger partial charge >= 0.3 is 6.03 Å². The number of thioether (sulfide) groups is 1. The number of para-hydroxylation sites is 1. The molecule has 0 fully saturated rings. The summed E-state index contributed by atoms with van der Waals surface area (Å²) in [5, 5.41) is 3.12. The number of hydrogen-bond acceptors (Lipinski definition) is 3. The highest BCUT2D eigenvalue weighted by Crippen LogP contribution is 2.38. The smallest absolute Gasteiger partial charge is 0.323 e. The van der Waals surface area contributed by atoms with E-state index in [1.54, 1.807) is 18.9 Å². The van der Waals surface area contributed by atoms with Gasteiger partial charge in [0.25, 0.3) is 0 Å². The Bertz CT molecular complexity index is 1330. The molecule has 0 bridgehead atoms. The fourth-order valence-corrected chi connectivity index (χ4v) is 4.99. The van der Waals surface area contributed by atoms with Crippen molar-refractivity contribution in [3.8, 4) is 11.4 Å². The number of hydrogen-bond donors (Lipinski definition) is 1. The maximum Gasteiger partial charge on any atom is 0.323 e. The number of aromatic nitrogens is 1. The fraction of sp³-hybridized carbons (Fsp3) is 0.179. The molecule has 34 heavy (non-hydrogen) atoms. The van der Waals surface area contributed by atoms with E-state index in [1.807, 2.05) is 48.2 Å². The average molecular weight is 470 g/mol. The highest BCUT2D eigenvalue weighted by atomic mass is 32.2. The third-order valence-corrected chi connectivity index (χ3v) is 7.00. The van der Waals surface area contributed by atoms with Gasteiger partial charge in [-0.2, -0.15) is 0 Å². The number of carbonyl (C=O) groups excluding carboxylic acids is 1. The summed E-state index contributed by atoms with van der Waals surface area (Å²) in [6.07, 6.45) is 4.14. The van der Waals surface area contributed by atoms with Gasteiger partial charge in [-0.3, -0.25) is 0 Å². The molecule has 1 atom stereocenters. The molecule has 5 rings (SSSR count). The number of amides is 2. The second-order valence-corrected chi connectivity index (χ2v) is 9.25. The van der Waals surface area contributed by atoms with E-state index in [4.69, 9.17) is 4.74 Å². The number of benzene rings is 3. The number of nitrogens with zero attached hydrogens (tertiary/aromatic N) is 2. The molecule has 1 aromatic heterocycles. The zero-order valence-electron chi connectivity index (χ0n) is 19.5. The molecule has 0 saturated heterocycles. The maximum absolute atomic E-state index is 13.9. The maximum atomic E-state index is 13.9. The Balaban J connectivity index is 1.62. The Hall–Kier alpha value is -3.64. The number of anilines is 1. The van der Waals surface area contributed by atoms with Gasteiger partial charge in [-0.25, -0.2) is 4.79 Å². The monoisotopic (exact) mass is 469 g/mol. The molecule has 1 aliphatic heterocycles. The lowest BCUT2D eigenvalue weighted by molar-refractivity contribution is 0.194. The van der Waals surface area contributed by atoms with Crippen molar-refractivity contribution in [3.63, 3.8) is 0 Å². The summed E-state index contributed by atoms with van der Waals surface area (Å²) in [5.74, 6) is 0.637. The van der Waals surface area contributed by atoms with E-state index in [0.717, 1.165) is 28.1 Å². The summed E-state index contributed by atoms with van der Waals surface area (Å²) in [6.45, 7) is 2.48. The molecule has 4 aromatic rings. The van der Waals surface area contributed by atoms with Crippen LogP contribution in [-0.4, -0.2) is 28.9 Å². The second-order valence-electron chi connectivity index (χ2n) is 8.37. The molecule has 0 radical (unpaired) electrons. The highest BCUT2D eigenvalue weighted by molar-refractivity contribution is 7.98. The fourth-order valence-electron chi connectivity index (χ4n) is 4.58. The minimum Gasteiger partial charge on any atom is -0.495 e. The Morgan fingerprint density at radius 2 is 1.82 bits per heavy atom. The summed E-state index contributed by atoms with van der Waals surface area (Å²) in [4.78, 5) is 17.0. The topological polar surface area (TPSA) is 46.5 Å². The number of methoxy groups -OCH3 is 1. The van der Waals surface area contributed by atoms with E-state index >= 15 is 0 Å². The van der Waals surface area contributed by atoms with E-state index in [0.29, 0.717) is 18.0 Å². The average Bonchev–Trinajstić information content (AvgIpc) is 3.28. The van der Waals surface area contributed by atoms with Crippen LogP contribution in [0.4, 0.5) is 10.5 Å². The molecule has 5 nitrogen and oxygen atoms in total. The van der Waals surface area contributed by atoms with Crippen molar-refractivity contribution in [2.75, 3.05) is 18.7 Å². The van der Waals surface area contributed by atoms with Crippen LogP contribution in [0.2, 0.25) is 0 Å². The van der Waals surface area contributed by atoms with Crippen molar-refractivity contribution in [2.24, 2.45) is 0 Å². The summed E-state index contributed by atoms with van der Waals surface area (Å²) in [5.41, 5.74) is 6.02. The number of aryl methyl sites for hydroxylation is 1. The van der Waals surface area contributed by atoms with Gasteiger partial charge in [-0.15, -0.1) is 11.8 Å². The number of ether oxygens (including phenoxy) is 1. The van der Waals surface area contributed by atoms with Crippen LogP contribution in [0.3, 0.4) is 0 Å². The molecular formula is C28H27N3O2S. The zero-order chi connectivity index (χ0) is 23.7. The zero-order valence-corrected chi connectivity index (χ0v) is 20.3. The summed E-state index contributed by atoms with van der Waals surface area (Å²) >= 11 is 1.71. The molecule has 2 amide bonds. The highest BCUT2D eigenvalue weighted by Gasteiger charge is 2.33. The third-order valence-electron chi connectivity index (χ3n) is 6.25. The van der Waals surface area contributed by atoms with Gasteiger partial charge in [0.1, 0.15) is 5.75 Å². The Morgan fingerprint density at radius 1 is 1.03 bits per heavy atom. The summed E-state index contributed by atoms with van der Waals surface area (Å²) < 4.78 is 7.71. The lowest BCUT2D eigenvalue weighted by Crippen LogP contribution is -2.38. The van der Waals surface area contributed by atoms with E-state index in [1.165, 1.54) is 4.90 Å². The van der Waals surface area contributed by atoms with E-state index in [2.05, 4.69) is 64.8 Å². The van der Waals surface area contributed by atoms with Gasteiger partial charge in [0, 0.05) is 16.8 Å². The van der Waals surface area contributed by atoms with Crippen molar-refractivity contribution in [3.05, 3.63) is 107 Å². The number of nitrogens with one attached hydrogen (secondary N) is 1. The van der Waals surface area contributed by atoms with E-state index < -0.39 is 0 Å². The Morgan fingerprint density at radius 3 is 2.59 bits per heavy atom. The molecule has 3 aromatic carbocycles. The van der Waals surface area contributed by atoms with Gasteiger partial charge in [-0.1, -0.05) is 36.4 Å². The molecule has 0 saturated carbocycles. The van der Waals surface area contributed by atoms with Crippen molar-refractivity contribution >= 4 is 23.5 Å². The van der Waals surface area contributed by atoms with Gasteiger partial charge in [0.15, 0.2) is 0 Å². The predicted molar refractivity (Wildman–Crippen MR) is 138 cm³/mol. The lowest BCUT2D eigenvalue weighted by atomic mass is 10.0. The van der Waals surface area contributed by atoms with Gasteiger partial charge < -0.3 is 19.5 Å². The van der Waals surface area contributed by atoms with Crippen LogP contribution in [0.25, 0.3) is 5.69 Å². The van der Waals surface area contributed by atoms with Crippen LogP contribution >= 0.6 is 11.8 Å². The van der Waals surface area contributed by atoms with E-state index in [-0.39, 0.29) is 12.1 Å². The van der Waals surface area contributed by atoms with E-state index in [9.17, 15) is 4.79 Å². The molecular weight excluding hydrogens is 442 g/mol. The first-order chi connectivity index (χ1) is 16.6. The molecule has 0 unspecified atom stereocenters. The molecule has 6 heteroatoms. The molecule has 2 heterocycles. The molecule has 1 N–H and O–H groups in total. The third kappa shape index (κ3) is 4.05. The minimum absolute atomic E-state index is 0.174. The molecule has 1 aliphatic rings. The van der Waals surface area contributed by atoms with Crippen LogP contribution in [0.15, 0.2) is 90.0 Å². The van der Waals surface area contributed by atoms with Crippen LogP contribution in [0, 0.1) is 6.92 Å². The van der Waals surface area contributed by atoms with Gasteiger partial charge in [0.2, 0.25) is 0 Å². The standard InChI is InChI=1S/C28H27N3O2S/c1-19-10-15-26(33-2)23(17-19)29-28(32)31-18-21-7-4-5-8-24(21)30-16-6-9-25(30)27(31)20-11-13-22(34-3)14-12-20/h4-17,27H,18H2,1-3H3,(H,29,32)/t27-/m1/s1. The number of rotatable bonds is 4. The Kier molecular flexibility index (Phi) is 6.07. The van der Waals surface area contributed by atoms with Crippen LogP contribution in [-0.2, 0) is 6.54 Å². The Labute approximate surface area is 204 Å². The number of carbonyl (C=O) groups is 1. The first kappa shape index (κ1) is 22.2. The summed E-state index contributed by atoms with van der Waals surface area (Å²) in [7, 11) is 1.62. The van der Waals surface area contributed by atoms with Crippen LogP contribution < -0.4 is 10.1 Å². The van der Waals surface area contributed by atoms with Crippen molar-refractivity contribution < 1.29 is 9.53 Å². The molecule has 0 spiro atoms. The normalized spacial score (nSPS) is 14.7. The van der Waals surface area contributed by atoms with Crippen molar-refractivity contribution in [1.29, 1.82) is 0 Å². The SMILES string of the molecule is COc1ccc(C)cc1NC(=O)N1Cc2ccccc2-n2cccc2[C@H]1c1ccc(SC)cc1. The van der Waals surface area contributed by atoms with Crippen molar-refractivity contribution in [1.82, 2.24) is 9.47 Å². The van der Waals surface area contributed by atoms with Gasteiger partial charge in [-0.05, 0) is 72.3 Å². The van der Waals surface area contributed by atoms with Crippen molar-refractivity contribution in [2.45, 2.75) is 24.4 Å². The number of urea groups is 1. The van der Waals surface area contributed by atoms with Gasteiger partial charge in [0.05, 0.1) is 31.1 Å². The quantitative estimate of drug-likeness (QED) is 0.340. The second kappa shape index (κ2) is 9.31. The molecule has 172 valence electrons. The lowest BCUT2D eigenvalue weighted by Gasteiger charge is -2.31.